The van der Waals surface area contributed by atoms with E-state index in [1.165, 1.54) is 5.56 Å². The van der Waals surface area contributed by atoms with E-state index >= 15 is 0 Å². The Balaban J connectivity index is 0.000000821. The van der Waals surface area contributed by atoms with Gasteiger partial charge in [0.05, 0.1) is 18.6 Å². The van der Waals surface area contributed by atoms with Crippen molar-refractivity contribution in [3.8, 4) is 0 Å². The van der Waals surface area contributed by atoms with Gasteiger partial charge in [-0.2, -0.15) is 0 Å². The molecule has 0 radical (unpaired) electrons. The van der Waals surface area contributed by atoms with Crippen LogP contribution in [0.5, 0.6) is 0 Å². The molecule has 2 fully saturated rings. The molecule has 1 amide bonds. The zero-order valence-corrected chi connectivity index (χ0v) is 18.3. The number of anilines is 1. The maximum atomic E-state index is 12.6. The number of aliphatic hydroxyl groups excluding tert-OH is 1. The minimum atomic E-state index is -0.463. The van der Waals surface area contributed by atoms with Crippen molar-refractivity contribution in [2.24, 2.45) is 18.4 Å². The first-order chi connectivity index (χ1) is 16.0. The number of rotatable bonds is 5. The normalized spacial score (nSPS) is 25.3. The Bertz CT molecular complexity index is 1090. The standard InChI is InChI=1S/C23H25N5O2.CH2O2/c1-27-15-25-12-19(27)22(30)26-11-18-21(16-5-3-2-4-6-16)23(18)14-28(13-20(23)29)17-7-9-24-10-8-17;2-1-3/h2-10,12,15,18,20-21,29H,11,13-14H2,1H3,(H,26,30);1H,(H,2,3)/t18-,20+,21-,23-;/m1./s1. The van der Waals surface area contributed by atoms with Gasteiger partial charge in [0.2, 0.25) is 0 Å². The van der Waals surface area contributed by atoms with E-state index in [0.717, 1.165) is 12.2 Å². The van der Waals surface area contributed by atoms with E-state index in [9.17, 15) is 9.90 Å². The summed E-state index contributed by atoms with van der Waals surface area (Å²) in [6, 6.07) is 14.3. The smallest absolute Gasteiger partial charge is 0.290 e. The zero-order valence-electron chi connectivity index (χ0n) is 18.3. The SMILES string of the molecule is Cn1cncc1C(=O)NC[C@@H]1[C@@H](c2ccccc2)[C@]12CN(c1ccncc1)C[C@@H]2O.O=CO. The van der Waals surface area contributed by atoms with E-state index < -0.39 is 6.10 Å². The first-order valence-electron chi connectivity index (χ1n) is 10.7. The Labute approximate surface area is 191 Å². The number of imidazole rings is 1. The zero-order chi connectivity index (χ0) is 23.4. The molecule has 1 aromatic carbocycles. The number of amides is 1. The maximum absolute atomic E-state index is 12.6. The van der Waals surface area contributed by atoms with Crippen molar-refractivity contribution in [3.63, 3.8) is 0 Å². The van der Waals surface area contributed by atoms with E-state index in [-0.39, 0.29) is 29.6 Å². The van der Waals surface area contributed by atoms with Gasteiger partial charge >= 0.3 is 0 Å². The molecule has 5 rings (SSSR count). The van der Waals surface area contributed by atoms with Gasteiger partial charge in [-0.3, -0.25) is 14.6 Å². The number of pyridine rings is 1. The van der Waals surface area contributed by atoms with E-state index in [4.69, 9.17) is 9.90 Å². The second-order valence-corrected chi connectivity index (χ2v) is 8.41. The summed E-state index contributed by atoms with van der Waals surface area (Å²) in [6.07, 6.45) is 6.28. The molecule has 0 unspecified atom stereocenters. The summed E-state index contributed by atoms with van der Waals surface area (Å²) < 4.78 is 1.71. The molecular formula is C24H27N5O4. The summed E-state index contributed by atoms with van der Waals surface area (Å²) in [6.45, 7) is 1.61. The number of hydrogen-bond donors (Lipinski definition) is 3. The fourth-order valence-corrected chi connectivity index (χ4v) is 5.22. The predicted molar refractivity (Wildman–Crippen MR) is 122 cm³/mol. The molecule has 3 heterocycles. The summed E-state index contributed by atoms with van der Waals surface area (Å²) in [5.74, 6) is 0.230. The van der Waals surface area contributed by atoms with Gasteiger partial charge in [-0.1, -0.05) is 30.3 Å². The lowest BCUT2D eigenvalue weighted by Gasteiger charge is -2.18. The van der Waals surface area contributed by atoms with Crippen molar-refractivity contribution in [3.05, 3.63) is 78.6 Å². The molecule has 1 spiro atoms. The molecule has 9 nitrogen and oxygen atoms in total. The molecule has 2 aliphatic rings. The van der Waals surface area contributed by atoms with Crippen LogP contribution in [0.25, 0.3) is 0 Å². The van der Waals surface area contributed by atoms with E-state index in [1.54, 1.807) is 36.5 Å². The number of benzene rings is 1. The molecule has 172 valence electrons. The second-order valence-electron chi connectivity index (χ2n) is 8.41. The quantitative estimate of drug-likeness (QED) is 0.505. The number of carbonyl (C=O) groups is 2. The molecule has 4 atom stereocenters. The van der Waals surface area contributed by atoms with Crippen LogP contribution >= 0.6 is 0 Å². The number of hydrogen-bond acceptors (Lipinski definition) is 6. The maximum Gasteiger partial charge on any atom is 0.290 e. The average Bonchev–Trinajstić information content (AvgIpc) is 3.05. The molecule has 2 aromatic heterocycles. The van der Waals surface area contributed by atoms with Gasteiger partial charge in [-0.15, -0.1) is 0 Å². The number of aromatic nitrogens is 3. The van der Waals surface area contributed by atoms with Gasteiger partial charge in [0.1, 0.15) is 5.69 Å². The number of nitrogens with zero attached hydrogens (tertiary/aromatic N) is 4. The summed E-state index contributed by atoms with van der Waals surface area (Å²) in [7, 11) is 1.81. The third-order valence-electron chi connectivity index (χ3n) is 6.76. The molecule has 1 aliphatic heterocycles. The van der Waals surface area contributed by atoms with Crippen LogP contribution in [0.1, 0.15) is 22.0 Å². The Hall–Kier alpha value is -3.72. The van der Waals surface area contributed by atoms with Crippen molar-refractivity contribution >= 4 is 18.1 Å². The number of aliphatic hydroxyl groups is 1. The highest BCUT2D eigenvalue weighted by Crippen LogP contribution is 2.68. The number of nitrogens with one attached hydrogen (secondary N) is 1. The van der Waals surface area contributed by atoms with E-state index in [1.807, 2.05) is 30.3 Å². The largest absolute Gasteiger partial charge is 0.483 e. The molecule has 0 bridgehead atoms. The van der Waals surface area contributed by atoms with Crippen LogP contribution in [-0.4, -0.2) is 62.9 Å². The average molecular weight is 450 g/mol. The van der Waals surface area contributed by atoms with Crippen molar-refractivity contribution < 1.29 is 19.8 Å². The van der Waals surface area contributed by atoms with Gasteiger partial charge < -0.3 is 25.0 Å². The monoisotopic (exact) mass is 449 g/mol. The molecule has 3 aromatic rings. The second kappa shape index (κ2) is 9.41. The Morgan fingerprint density at radius 3 is 2.55 bits per heavy atom. The van der Waals surface area contributed by atoms with Crippen LogP contribution < -0.4 is 10.2 Å². The minimum Gasteiger partial charge on any atom is -0.483 e. The Kier molecular flexibility index (Phi) is 6.41. The topological polar surface area (TPSA) is 121 Å². The lowest BCUT2D eigenvalue weighted by atomic mass is 9.95. The molecule has 3 N–H and O–H groups in total. The lowest BCUT2D eigenvalue weighted by molar-refractivity contribution is -0.122. The van der Waals surface area contributed by atoms with Gasteiger partial charge in [0.25, 0.3) is 12.4 Å². The first kappa shape index (κ1) is 22.5. The van der Waals surface area contributed by atoms with Gasteiger partial charge in [0, 0.05) is 50.2 Å². The fraction of sp³-hybridized carbons (Fsp3) is 0.333. The highest BCUT2D eigenvalue weighted by Gasteiger charge is 2.71. The molecule has 1 aliphatic carbocycles. The van der Waals surface area contributed by atoms with Crippen molar-refractivity contribution in [2.75, 3.05) is 24.5 Å². The highest BCUT2D eigenvalue weighted by molar-refractivity contribution is 5.92. The van der Waals surface area contributed by atoms with Crippen LogP contribution in [0.4, 0.5) is 5.69 Å². The van der Waals surface area contributed by atoms with Crippen molar-refractivity contribution in [1.29, 1.82) is 0 Å². The number of β-amino-alcohol motifs (C(OH)–C–C–N with tert-alkyl or cyclic N) is 1. The minimum absolute atomic E-state index is 0.137. The van der Waals surface area contributed by atoms with Gasteiger partial charge in [0.15, 0.2) is 0 Å². The molecule has 9 heteroatoms. The van der Waals surface area contributed by atoms with Crippen LogP contribution in [0.15, 0.2) is 67.4 Å². The highest BCUT2D eigenvalue weighted by atomic mass is 16.3. The Morgan fingerprint density at radius 1 is 1.21 bits per heavy atom. The van der Waals surface area contributed by atoms with Crippen LogP contribution in [0.2, 0.25) is 0 Å². The summed E-state index contributed by atoms with van der Waals surface area (Å²) in [5, 5.41) is 21.1. The third-order valence-corrected chi connectivity index (χ3v) is 6.76. The van der Waals surface area contributed by atoms with E-state index in [2.05, 4.69) is 32.3 Å². The van der Waals surface area contributed by atoms with Crippen molar-refractivity contribution in [2.45, 2.75) is 12.0 Å². The third kappa shape index (κ3) is 4.19. The van der Waals surface area contributed by atoms with Crippen LogP contribution in [0.3, 0.4) is 0 Å². The molecule has 33 heavy (non-hydrogen) atoms. The van der Waals surface area contributed by atoms with E-state index in [0.29, 0.717) is 18.8 Å². The number of carbonyl (C=O) groups excluding carboxylic acids is 1. The lowest BCUT2D eigenvalue weighted by Crippen LogP contribution is -2.31. The van der Waals surface area contributed by atoms with Crippen molar-refractivity contribution in [1.82, 2.24) is 19.9 Å². The summed E-state index contributed by atoms with van der Waals surface area (Å²) in [5.41, 5.74) is 2.54. The molecule has 1 saturated carbocycles. The summed E-state index contributed by atoms with van der Waals surface area (Å²) >= 11 is 0. The molecule has 1 saturated heterocycles. The number of carboxylic acid groups (broad SMARTS) is 1. The molecular weight excluding hydrogens is 422 g/mol. The van der Waals surface area contributed by atoms with Crippen LogP contribution in [-0.2, 0) is 11.8 Å². The van der Waals surface area contributed by atoms with Gasteiger partial charge in [-0.25, -0.2) is 4.98 Å². The van der Waals surface area contributed by atoms with Gasteiger partial charge in [-0.05, 0) is 29.5 Å². The van der Waals surface area contributed by atoms with Crippen LogP contribution in [0, 0.1) is 11.3 Å². The first-order valence-corrected chi connectivity index (χ1v) is 10.7. The predicted octanol–water partition coefficient (Wildman–Crippen LogP) is 1.53. The fourth-order valence-electron chi connectivity index (χ4n) is 5.22. The Morgan fingerprint density at radius 2 is 1.91 bits per heavy atom. The number of aryl methyl sites for hydroxylation is 1. The summed E-state index contributed by atoms with van der Waals surface area (Å²) in [4.78, 5) is 31.3.